The van der Waals surface area contributed by atoms with Crippen LogP contribution in [0.5, 0.6) is 11.5 Å². The van der Waals surface area contributed by atoms with Gasteiger partial charge in [-0.15, -0.1) is 0 Å². The first-order valence-corrected chi connectivity index (χ1v) is 5.76. The van der Waals surface area contributed by atoms with E-state index in [-0.39, 0.29) is 11.5 Å². The van der Waals surface area contributed by atoms with E-state index in [1.54, 1.807) is 13.1 Å². The molecule has 0 aromatic heterocycles. The monoisotopic (exact) mass is 299 g/mol. The number of phenols is 2. The van der Waals surface area contributed by atoms with Gasteiger partial charge in [-0.05, 0) is 24.7 Å². The molecule has 0 bridgehead atoms. The first-order chi connectivity index (χ1) is 9.77. The minimum Gasteiger partial charge on any atom is -0.504 e. The number of phenolic OH excluding ortho intramolecular Hbond substituents is 2. The average molecular weight is 299 g/mol. The second kappa shape index (κ2) is 9.34. The fourth-order valence-electron chi connectivity index (χ4n) is 1.20. The second-order valence-corrected chi connectivity index (χ2v) is 3.83. The summed E-state index contributed by atoms with van der Waals surface area (Å²) in [5.74, 6) is -2.91. The fraction of sp³-hybridized carbons (Fsp3) is 0.231. The lowest BCUT2D eigenvalue weighted by atomic mass is 10.1. The van der Waals surface area contributed by atoms with Crippen LogP contribution < -0.4 is 5.32 Å². The molecule has 1 atom stereocenters. The number of nitrogens with one attached hydrogen (secondary N) is 1. The number of benzene rings is 1. The maximum absolute atomic E-state index is 9.55. The molecule has 0 saturated carbocycles. The summed E-state index contributed by atoms with van der Waals surface area (Å²) in [6.45, 7) is 0.407. The maximum atomic E-state index is 9.55. The van der Waals surface area contributed by atoms with Crippen molar-refractivity contribution in [3.63, 3.8) is 0 Å². The Bertz CT molecular complexity index is 497. The Kier molecular flexibility index (Phi) is 8.20. The molecular formula is C13H17NO7. The normalized spacial score (nSPS) is 11.5. The average Bonchev–Trinajstić information content (AvgIpc) is 2.40. The molecule has 6 N–H and O–H groups in total. The summed E-state index contributed by atoms with van der Waals surface area (Å²) in [5.41, 5.74) is 0.574. The number of hydrogen-bond acceptors (Lipinski definition) is 6. The molecular weight excluding hydrogens is 282 g/mol. The second-order valence-electron chi connectivity index (χ2n) is 3.83. The summed E-state index contributed by atoms with van der Waals surface area (Å²) in [6.07, 6.45) is 0.446. The van der Waals surface area contributed by atoms with Crippen LogP contribution in [-0.4, -0.2) is 51.1 Å². The van der Waals surface area contributed by atoms with Crippen molar-refractivity contribution in [1.82, 2.24) is 5.32 Å². The van der Waals surface area contributed by atoms with E-state index in [0.717, 1.165) is 0 Å². The fourth-order valence-corrected chi connectivity index (χ4v) is 1.20. The summed E-state index contributed by atoms with van der Waals surface area (Å²) in [7, 11) is 1.73. The number of carbonyl (C=O) groups is 2. The summed E-state index contributed by atoms with van der Waals surface area (Å²) in [6, 6.07) is 4.26. The Hall–Kier alpha value is -2.58. The number of aliphatic carboxylic acids is 2. The van der Waals surface area contributed by atoms with E-state index in [4.69, 9.17) is 20.4 Å². The Morgan fingerprint density at radius 3 is 2.05 bits per heavy atom. The van der Waals surface area contributed by atoms with E-state index in [1.165, 1.54) is 12.1 Å². The number of aromatic hydroxyl groups is 2. The van der Waals surface area contributed by atoms with Crippen LogP contribution in [0, 0.1) is 0 Å². The zero-order valence-corrected chi connectivity index (χ0v) is 11.2. The molecule has 0 fully saturated rings. The van der Waals surface area contributed by atoms with Gasteiger partial charge in [0.05, 0.1) is 6.10 Å². The molecule has 0 spiro atoms. The molecule has 21 heavy (non-hydrogen) atoms. The van der Waals surface area contributed by atoms with Gasteiger partial charge in [0.15, 0.2) is 11.5 Å². The largest absolute Gasteiger partial charge is 0.504 e. The van der Waals surface area contributed by atoms with Crippen molar-refractivity contribution in [3.8, 4) is 11.5 Å². The van der Waals surface area contributed by atoms with Crippen molar-refractivity contribution >= 4 is 11.9 Å². The first-order valence-electron chi connectivity index (χ1n) is 5.76. The summed E-state index contributed by atoms with van der Waals surface area (Å²) < 4.78 is 0. The lowest BCUT2D eigenvalue weighted by Gasteiger charge is -2.10. The van der Waals surface area contributed by atoms with Crippen LogP contribution in [0.1, 0.15) is 11.7 Å². The topological polar surface area (TPSA) is 147 Å². The summed E-state index contributed by atoms with van der Waals surface area (Å²) in [4.78, 5) is 19.1. The van der Waals surface area contributed by atoms with E-state index in [1.807, 2.05) is 0 Å². The van der Waals surface area contributed by atoms with Gasteiger partial charge >= 0.3 is 11.9 Å². The van der Waals surface area contributed by atoms with Gasteiger partial charge in [0.25, 0.3) is 0 Å². The van der Waals surface area contributed by atoms with Gasteiger partial charge in [0, 0.05) is 18.7 Å². The highest BCUT2D eigenvalue weighted by atomic mass is 16.4. The van der Waals surface area contributed by atoms with Crippen LogP contribution in [-0.2, 0) is 9.59 Å². The number of hydrogen-bond donors (Lipinski definition) is 6. The summed E-state index contributed by atoms with van der Waals surface area (Å²) >= 11 is 0. The molecule has 8 heteroatoms. The Morgan fingerprint density at radius 2 is 1.67 bits per heavy atom. The highest BCUT2D eigenvalue weighted by Crippen LogP contribution is 2.27. The zero-order valence-electron chi connectivity index (χ0n) is 11.2. The number of likely N-dealkylation sites (N-methyl/N-ethyl adjacent to an activating group) is 1. The van der Waals surface area contributed by atoms with Crippen LogP contribution in [0.4, 0.5) is 0 Å². The molecule has 0 radical (unpaired) electrons. The van der Waals surface area contributed by atoms with E-state index < -0.39 is 18.0 Å². The molecule has 0 aliphatic heterocycles. The van der Waals surface area contributed by atoms with Crippen molar-refractivity contribution in [3.05, 3.63) is 35.9 Å². The smallest absolute Gasteiger partial charge is 0.328 e. The Morgan fingerprint density at radius 1 is 1.14 bits per heavy atom. The van der Waals surface area contributed by atoms with Crippen LogP contribution in [0.3, 0.4) is 0 Å². The SMILES string of the molecule is CNC[C@H](O)c1ccc(O)c(O)c1.O=C(O)C=CC(=O)O. The molecule has 1 rings (SSSR count). The van der Waals surface area contributed by atoms with Crippen LogP contribution in [0.2, 0.25) is 0 Å². The lowest BCUT2D eigenvalue weighted by molar-refractivity contribution is -0.134. The van der Waals surface area contributed by atoms with Gasteiger partial charge in [0.1, 0.15) is 0 Å². The van der Waals surface area contributed by atoms with Gasteiger partial charge in [-0.25, -0.2) is 9.59 Å². The maximum Gasteiger partial charge on any atom is 0.328 e. The van der Waals surface area contributed by atoms with Crippen LogP contribution in [0.15, 0.2) is 30.4 Å². The Balaban J connectivity index is 0.000000433. The molecule has 8 nitrogen and oxygen atoms in total. The van der Waals surface area contributed by atoms with E-state index in [9.17, 15) is 14.7 Å². The molecule has 0 saturated heterocycles. The van der Waals surface area contributed by atoms with Crippen LogP contribution >= 0.6 is 0 Å². The predicted molar refractivity (Wildman–Crippen MR) is 73.1 cm³/mol. The highest BCUT2D eigenvalue weighted by Gasteiger charge is 2.08. The van der Waals surface area contributed by atoms with E-state index >= 15 is 0 Å². The highest BCUT2D eigenvalue weighted by molar-refractivity contribution is 5.89. The number of carboxylic acids is 2. The lowest BCUT2D eigenvalue weighted by Crippen LogP contribution is -2.16. The number of aliphatic hydroxyl groups excluding tert-OH is 1. The number of rotatable bonds is 5. The zero-order chi connectivity index (χ0) is 16.4. The van der Waals surface area contributed by atoms with Crippen molar-refractivity contribution in [2.45, 2.75) is 6.10 Å². The third kappa shape index (κ3) is 8.24. The van der Waals surface area contributed by atoms with Gasteiger partial charge in [-0.1, -0.05) is 6.07 Å². The predicted octanol–water partition coefficient (Wildman–Crippen LogP) is 0.0624. The molecule has 0 unspecified atom stereocenters. The number of carboxylic acid groups (broad SMARTS) is 2. The molecule has 1 aromatic rings. The first kappa shape index (κ1) is 18.4. The molecule has 0 aliphatic carbocycles. The van der Waals surface area contributed by atoms with Crippen molar-refractivity contribution in [1.29, 1.82) is 0 Å². The van der Waals surface area contributed by atoms with E-state index in [2.05, 4.69) is 5.32 Å². The summed E-state index contributed by atoms with van der Waals surface area (Å²) in [5, 5.41) is 46.1. The van der Waals surface area contributed by atoms with Crippen molar-refractivity contribution < 1.29 is 35.1 Å². The quantitative estimate of drug-likeness (QED) is 0.330. The van der Waals surface area contributed by atoms with Gasteiger partial charge in [0.2, 0.25) is 0 Å². The van der Waals surface area contributed by atoms with Gasteiger partial charge in [-0.2, -0.15) is 0 Å². The molecule has 0 aliphatic rings. The Labute approximate surface area is 120 Å². The number of aliphatic hydroxyl groups is 1. The molecule has 116 valence electrons. The minimum absolute atomic E-state index is 0.180. The third-order valence-electron chi connectivity index (χ3n) is 2.15. The minimum atomic E-state index is -1.26. The molecule has 0 amide bonds. The molecule has 0 heterocycles. The van der Waals surface area contributed by atoms with Gasteiger partial charge < -0.3 is 30.8 Å². The van der Waals surface area contributed by atoms with E-state index in [0.29, 0.717) is 24.3 Å². The van der Waals surface area contributed by atoms with Crippen molar-refractivity contribution in [2.75, 3.05) is 13.6 Å². The van der Waals surface area contributed by atoms with Gasteiger partial charge in [-0.3, -0.25) is 0 Å². The third-order valence-corrected chi connectivity index (χ3v) is 2.15. The molecule has 1 aromatic carbocycles. The van der Waals surface area contributed by atoms with Crippen molar-refractivity contribution in [2.24, 2.45) is 0 Å². The standard InChI is InChI=1S/C9H13NO3.C4H4O4/c1-10-5-9(13)6-2-3-7(11)8(12)4-6;5-3(6)1-2-4(7)8/h2-4,9-13H,5H2,1H3;1-2H,(H,5,6)(H,7,8)/t9-;/m0./s1. The van der Waals surface area contributed by atoms with Crippen LogP contribution in [0.25, 0.3) is 0 Å².